The lowest BCUT2D eigenvalue weighted by Crippen LogP contribution is -2.18. The minimum atomic E-state index is -0.0406. The van der Waals surface area contributed by atoms with E-state index < -0.39 is 0 Å². The van der Waals surface area contributed by atoms with Gasteiger partial charge in [0.15, 0.2) is 0 Å². The second-order valence-corrected chi connectivity index (χ2v) is 5.11. The Balaban J connectivity index is 1.94. The quantitative estimate of drug-likeness (QED) is 0.804. The van der Waals surface area contributed by atoms with Gasteiger partial charge in [-0.2, -0.15) is 15.0 Å². The molecule has 0 amide bonds. The van der Waals surface area contributed by atoms with Crippen molar-refractivity contribution < 1.29 is 0 Å². The van der Waals surface area contributed by atoms with Crippen molar-refractivity contribution >= 4 is 11.6 Å². The minimum absolute atomic E-state index is 0.0406. The highest BCUT2D eigenvalue weighted by molar-refractivity contribution is 6.30. The first-order valence-electron chi connectivity index (χ1n) is 6.68. The van der Waals surface area contributed by atoms with Crippen LogP contribution < -0.4 is 5.32 Å². The normalized spacial score (nSPS) is 12.3. The molecule has 1 aromatic heterocycles. The highest BCUT2D eigenvalue weighted by Crippen LogP contribution is 2.22. The fourth-order valence-electron chi connectivity index (χ4n) is 2.26. The molecule has 0 aliphatic carbocycles. The van der Waals surface area contributed by atoms with Gasteiger partial charge in [0.05, 0.1) is 17.9 Å². The smallest absolute Gasteiger partial charge is 0.105 e. The van der Waals surface area contributed by atoms with E-state index in [1.807, 2.05) is 61.6 Å². The second kappa shape index (κ2) is 6.08. The minimum Gasteiger partial charge on any atom is -0.308 e. The number of hydrogen-bond acceptors (Lipinski definition) is 3. The maximum Gasteiger partial charge on any atom is 0.105 e. The van der Waals surface area contributed by atoms with Crippen molar-refractivity contribution in [3.05, 3.63) is 77.1 Å². The average molecular weight is 299 g/mol. The summed E-state index contributed by atoms with van der Waals surface area (Å²) in [6, 6.07) is 17.5. The Morgan fingerprint density at radius 3 is 2.62 bits per heavy atom. The van der Waals surface area contributed by atoms with Crippen LogP contribution in [0.15, 0.2) is 60.8 Å². The molecule has 21 heavy (non-hydrogen) atoms. The van der Waals surface area contributed by atoms with Gasteiger partial charge in [0.2, 0.25) is 0 Å². The van der Waals surface area contributed by atoms with Crippen LogP contribution in [0, 0.1) is 0 Å². The summed E-state index contributed by atoms with van der Waals surface area (Å²) in [5, 5.41) is 12.9. The molecule has 0 saturated heterocycles. The van der Waals surface area contributed by atoms with Crippen molar-refractivity contribution in [1.29, 1.82) is 0 Å². The zero-order valence-corrected chi connectivity index (χ0v) is 12.3. The van der Waals surface area contributed by atoms with Crippen molar-refractivity contribution in [2.75, 3.05) is 7.05 Å². The molecule has 0 radical (unpaired) electrons. The highest BCUT2D eigenvalue weighted by Gasteiger charge is 2.16. The van der Waals surface area contributed by atoms with Gasteiger partial charge in [-0.25, -0.2) is 0 Å². The third kappa shape index (κ3) is 2.96. The van der Waals surface area contributed by atoms with Gasteiger partial charge in [-0.05, 0) is 36.9 Å². The summed E-state index contributed by atoms with van der Waals surface area (Å²) in [5.41, 5.74) is 2.85. The predicted octanol–water partition coefficient (Wildman–Crippen LogP) is 3.23. The number of benzene rings is 2. The third-order valence-corrected chi connectivity index (χ3v) is 3.50. The van der Waals surface area contributed by atoms with Crippen LogP contribution in [-0.4, -0.2) is 22.0 Å². The number of rotatable bonds is 4. The largest absolute Gasteiger partial charge is 0.308 e. The van der Waals surface area contributed by atoms with Gasteiger partial charge < -0.3 is 5.32 Å². The van der Waals surface area contributed by atoms with Gasteiger partial charge in [0.25, 0.3) is 0 Å². The number of hydrogen-bond donors (Lipinski definition) is 1. The van der Waals surface area contributed by atoms with Crippen LogP contribution in [0.25, 0.3) is 5.69 Å². The molecule has 0 aliphatic heterocycles. The molecule has 5 heteroatoms. The molecule has 1 N–H and O–H groups in total. The molecule has 3 rings (SSSR count). The maximum atomic E-state index is 6.07. The summed E-state index contributed by atoms with van der Waals surface area (Å²) in [4.78, 5) is 1.63. The SMILES string of the molecule is CNC(c1cccc(Cl)c1)c1cnn(-c2ccccc2)n1. The van der Waals surface area contributed by atoms with E-state index in [0.717, 1.165) is 16.9 Å². The van der Waals surface area contributed by atoms with Crippen LogP contribution in [0.3, 0.4) is 0 Å². The van der Waals surface area contributed by atoms with E-state index in [-0.39, 0.29) is 6.04 Å². The predicted molar refractivity (Wildman–Crippen MR) is 83.7 cm³/mol. The van der Waals surface area contributed by atoms with Crippen LogP contribution in [0.4, 0.5) is 0 Å². The summed E-state index contributed by atoms with van der Waals surface area (Å²) in [5.74, 6) is 0. The first-order chi connectivity index (χ1) is 10.3. The monoisotopic (exact) mass is 298 g/mol. The summed E-state index contributed by atoms with van der Waals surface area (Å²) in [6.07, 6.45) is 1.77. The molecule has 0 bridgehead atoms. The lowest BCUT2D eigenvalue weighted by Gasteiger charge is -2.13. The Morgan fingerprint density at radius 1 is 1.10 bits per heavy atom. The standard InChI is InChI=1S/C16H15ClN4/c1-18-16(12-6-5-7-13(17)10-12)15-11-19-21(20-15)14-8-3-2-4-9-14/h2-11,16,18H,1H3. The number of halogens is 1. The van der Waals surface area contributed by atoms with Crippen molar-refractivity contribution in [3.63, 3.8) is 0 Å². The Bertz CT molecular complexity index is 724. The topological polar surface area (TPSA) is 42.7 Å². The molecule has 1 atom stereocenters. The maximum absolute atomic E-state index is 6.07. The molecule has 2 aromatic carbocycles. The Morgan fingerprint density at radius 2 is 1.90 bits per heavy atom. The second-order valence-electron chi connectivity index (χ2n) is 4.67. The average Bonchev–Trinajstić information content (AvgIpc) is 2.99. The third-order valence-electron chi connectivity index (χ3n) is 3.26. The Labute approximate surface area is 128 Å². The number of aromatic nitrogens is 3. The van der Waals surface area contributed by atoms with Gasteiger partial charge in [0.1, 0.15) is 5.69 Å². The van der Waals surface area contributed by atoms with Crippen molar-refractivity contribution in [1.82, 2.24) is 20.3 Å². The molecule has 4 nitrogen and oxygen atoms in total. The molecule has 3 aromatic rings. The fourth-order valence-corrected chi connectivity index (χ4v) is 2.46. The first kappa shape index (κ1) is 13.8. The molecule has 0 spiro atoms. The van der Waals surface area contributed by atoms with E-state index in [1.54, 1.807) is 11.0 Å². The molecule has 0 fully saturated rings. The Hall–Kier alpha value is -2.17. The Kier molecular flexibility index (Phi) is 3.99. The summed E-state index contributed by atoms with van der Waals surface area (Å²) >= 11 is 6.07. The number of nitrogens with one attached hydrogen (secondary N) is 1. The van der Waals surface area contributed by atoms with Crippen LogP contribution in [0.5, 0.6) is 0 Å². The van der Waals surface area contributed by atoms with E-state index in [1.165, 1.54) is 0 Å². The molecule has 0 saturated carbocycles. The summed E-state index contributed by atoms with van der Waals surface area (Å²) < 4.78 is 0. The van der Waals surface area contributed by atoms with Gasteiger partial charge in [0, 0.05) is 5.02 Å². The van der Waals surface area contributed by atoms with Crippen LogP contribution in [0.1, 0.15) is 17.3 Å². The zero-order valence-electron chi connectivity index (χ0n) is 11.6. The first-order valence-corrected chi connectivity index (χ1v) is 7.06. The van der Waals surface area contributed by atoms with Crippen molar-refractivity contribution in [2.24, 2.45) is 0 Å². The molecular formula is C16H15ClN4. The molecular weight excluding hydrogens is 284 g/mol. The lowest BCUT2D eigenvalue weighted by atomic mass is 10.0. The van der Waals surface area contributed by atoms with Gasteiger partial charge in [-0.15, -0.1) is 0 Å². The van der Waals surface area contributed by atoms with Crippen molar-refractivity contribution in [2.45, 2.75) is 6.04 Å². The van der Waals surface area contributed by atoms with Crippen LogP contribution in [0.2, 0.25) is 5.02 Å². The molecule has 1 heterocycles. The summed E-state index contributed by atoms with van der Waals surface area (Å²) in [7, 11) is 1.90. The van der Waals surface area contributed by atoms with Crippen LogP contribution >= 0.6 is 11.6 Å². The van der Waals surface area contributed by atoms with Crippen molar-refractivity contribution in [3.8, 4) is 5.69 Å². The lowest BCUT2D eigenvalue weighted by molar-refractivity contribution is 0.649. The number of nitrogens with zero attached hydrogens (tertiary/aromatic N) is 3. The molecule has 0 aliphatic rings. The molecule has 106 valence electrons. The van der Waals surface area contributed by atoms with Gasteiger partial charge in [-0.1, -0.05) is 41.9 Å². The fraction of sp³-hybridized carbons (Fsp3) is 0.125. The highest BCUT2D eigenvalue weighted by atomic mass is 35.5. The van der Waals surface area contributed by atoms with E-state index >= 15 is 0 Å². The zero-order chi connectivity index (χ0) is 14.7. The summed E-state index contributed by atoms with van der Waals surface area (Å²) in [6.45, 7) is 0. The van der Waals surface area contributed by atoms with E-state index in [4.69, 9.17) is 11.6 Å². The van der Waals surface area contributed by atoms with E-state index in [9.17, 15) is 0 Å². The van der Waals surface area contributed by atoms with E-state index in [2.05, 4.69) is 15.5 Å². The van der Waals surface area contributed by atoms with Gasteiger partial charge in [-0.3, -0.25) is 0 Å². The number of para-hydroxylation sites is 1. The van der Waals surface area contributed by atoms with Gasteiger partial charge >= 0.3 is 0 Å². The molecule has 1 unspecified atom stereocenters. The van der Waals surface area contributed by atoms with E-state index in [0.29, 0.717) is 5.02 Å². The van der Waals surface area contributed by atoms with Crippen LogP contribution in [-0.2, 0) is 0 Å².